The van der Waals surface area contributed by atoms with E-state index >= 15 is 0 Å². The Balaban J connectivity index is 2.57. The second-order valence-electron chi connectivity index (χ2n) is 5.21. The summed E-state index contributed by atoms with van der Waals surface area (Å²) in [7, 11) is -3.55. The van der Waals surface area contributed by atoms with Gasteiger partial charge in [0.1, 0.15) is 0 Å². The Morgan fingerprint density at radius 3 is 2.35 bits per heavy atom. The van der Waals surface area contributed by atoms with E-state index in [4.69, 9.17) is 0 Å². The molecule has 0 radical (unpaired) electrons. The Labute approximate surface area is 131 Å². The fourth-order valence-corrected chi connectivity index (χ4v) is 3.20. The summed E-state index contributed by atoms with van der Waals surface area (Å²) in [6, 6.07) is 6.79. The van der Waals surface area contributed by atoms with Crippen molar-refractivity contribution in [2.75, 3.05) is 6.26 Å². The summed E-state index contributed by atoms with van der Waals surface area (Å²) < 4.78 is 63.2. The summed E-state index contributed by atoms with van der Waals surface area (Å²) in [5, 5.41) is 0. The second kappa shape index (κ2) is 5.84. The van der Waals surface area contributed by atoms with Crippen LogP contribution in [0.15, 0.2) is 46.2 Å². The van der Waals surface area contributed by atoms with E-state index in [9.17, 15) is 26.4 Å². The average molecular weight is 345 g/mol. The molecule has 4 nitrogen and oxygen atoms in total. The van der Waals surface area contributed by atoms with Crippen molar-refractivity contribution in [2.24, 2.45) is 0 Å². The van der Waals surface area contributed by atoms with Gasteiger partial charge >= 0.3 is 6.18 Å². The Hall–Kier alpha value is -2.09. The van der Waals surface area contributed by atoms with Gasteiger partial charge in [-0.2, -0.15) is 13.2 Å². The van der Waals surface area contributed by atoms with E-state index in [0.29, 0.717) is 0 Å². The minimum absolute atomic E-state index is 0.0129. The zero-order valence-corrected chi connectivity index (χ0v) is 13.2. The maximum absolute atomic E-state index is 13.0. The topological polar surface area (TPSA) is 56.1 Å². The van der Waals surface area contributed by atoms with Crippen molar-refractivity contribution in [1.82, 2.24) is 4.57 Å². The summed E-state index contributed by atoms with van der Waals surface area (Å²) in [5.74, 6) is 0. The lowest BCUT2D eigenvalue weighted by molar-refractivity contribution is -0.138. The number of hydrogen-bond acceptors (Lipinski definition) is 3. The van der Waals surface area contributed by atoms with Crippen LogP contribution in [-0.4, -0.2) is 19.2 Å². The molecule has 0 aliphatic heterocycles. The maximum Gasteiger partial charge on any atom is 0.418 e. The molecule has 0 unspecified atom stereocenters. The molecule has 0 N–H and O–H groups in total. The zero-order chi connectivity index (χ0) is 17.4. The van der Waals surface area contributed by atoms with Gasteiger partial charge in [0.05, 0.1) is 17.0 Å². The molecule has 1 aromatic carbocycles. The van der Waals surface area contributed by atoms with Gasteiger partial charge in [0.15, 0.2) is 9.84 Å². The Morgan fingerprint density at radius 1 is 1.17 bits per heavy atom. The predicted molar refractivity (Wildman–Crippen MR) is 79.1 cm³/mol. The van der Waals surface area contributed by atoms with Gasteiger partial charge in [-0.3, -0.25) is 4.79 Å². The highest BCUT2D eigenvalue weighted by atomic mass is 32.2. The summed E-state index contributed by atoms with van der Waals surface area (Å²) >= 11 is 0. The first-order chi connectivity index (χ1) is 10.5. The standard InChI is InChI=1S/C15H14F3NO3S/c1-10-7-14(20)19(9-12(10)15(16,17)18)8-11-5-3-4-6-13(11)23(2,21)22/h3-7,9H,8H2,1-2H3. The highest BCUT2D eigenvalue weighted by Gasteiger charge is 2.33. The molecule has 2 rings (SSSR count). The monoisotopic (exact) mass is 345 g/mol. The van der Waals surface area contributed by atoms with Crippen LogP contribution in [0.4, 0.5) is 13.2 Å². The molecule has 0 aliphatic carbocycles. The molecular weight excluding hydrogens is 331 g/mol. The third-order valence-electron chi connectivity index (χ3n) is 3.35. The quantitative estimate of drug-likeness (QED) is 0.859. The molecule has 0 aliphatic rings. The highest BCUT2D eigenvalue weighted by Crippen LogP contribution is 2.31. The number of hydrogen-bond donors (Lipinski definition) is 0. The molecule has 0 saturated heterocycles. The molecule has 0 amide bonds. The van der Waals surface area contributed by atoms with Crippen LogP contribution < -0.4 is 5.56 Å². The van der Waals surface area contributed by atoms with E-state index in [1.54, 1.807) is 6.07 Å². The van der Waals surface area contributed by atoms with Crippen molar-refractivity contribution >= 4 is 9.84 Å². The molecule has 1 heterocycles. The Bertz CT molecular complexity index is 899. The van der Waals surface area contributed by atoms with Crippen molar-refractivity contribution in [3.05, 3.63) is 63.6 Å². The van der Waals surface area contributed by atoms with Crippen LogP contribution in [-0.2, 0) is 22.6 Å². The molecule has 2 aromatic rings. The molecule has 8 heteroatoms. The fourth-order valence-electron chi connectivity index (χ4n) is 2.27. The largest absolute Gasteiger partial charge is 0.418 e. The third-order valence-corrected chi connectivity index (χ3v) is 4.55. The molecule has 0 spiro atoms. The number of aromatic nitrogens is 1. The SMILES string of the molecule is Cc1cc(=O)n(Cc2ccccc2S(C)(=O)=O)cc1C(F)(F)F. The number of aryl methyl sites for hydroxylation is 1. The molecule has 0 atom stereocenters. The van der Waals surface area contributed by atoms with E-state index < -0.39 is 27.1 Å². The third kappa shape index (κ3) is 3.82. The molecule has 23 heavy (non-hydrogen) atoms. The van der Waals surface area contributed by atoms with E-state index in [-0.39, 0.29) is 22.6 Å². The van der Waals surface area contributed by atoms with Crippen molar-refractivity contribution in [1.29, 1.82) is 0 Å². The highest BCUT2D eigenvalue weighted by molar-refractivity contribution is 7.90. The van der Waals surface area contributed by atoms with E-state index in [0.717, 1.165) is 23.1 Å². The average Bonchev–Trinajstić information content (AvgIpc) is 2.39. The number of sulfone groups is 1. The number of benzene rings is 1. The Kier molecular flexibility index (Phi) is 4.39. The van der Waals surface area contributed by atoms with Crippen LogP contribution in [0.3, 0.4) is 0 Å². The van der Waals surface area contributed by atoms with Crippen LogP contribution in [0.2, 0.25) is 0 Å². The molecular formula is C15H14F3NO3S. The summed E-state index contributed by atoms with van der Waals surface area (Å²) in [6.07, 6.45) is -2.86. The van der Waals surface area contributed by atoms with Crippen LogP contribution in [0.1, 0.15) is 16.7 Å². The van der Waals surface area contributed by atoms with Crippen LogP contribution >= 0.6 is 0 Å². The first-order valence-corrected chi connectivity index (χ1v) is 8.45. The fraction of sp³-hybridized carbons (Fsp3) is 0.267. The minimum Gasteiger partial charge on any atom is -0.310 e. The van der Waals surface area contributed by atoms with E-state index in [2.05, 4.69) is 0 Å². The van der Waals surface area contributed by atoms with Gasteiger partial charge in [-0.1, -0.05) is 18.2 Å². The lowest BCUT2D eigenvalue weighted by atomic mass is 10.1. The smallest absolute Gasteiger partial charge is 0.310 e. The molecule has 0 fully saturated rings. The van der Waals surface area contributed by atoms with Gasteiger partial charge in [-0.15, -0.1) is 0 Å². The van der Waals surface area contributed by atoms with E-state index in [1.807, 2.05) is 0 Å². The zero-order valence-electron chi connectivity index (χ0n) is 12.4. The van der Waals surface area contributed by atoms with Crippen molar-refractivity contribution in [3.8, 4) is 0 Å². The summed E-state index contributed by atoms with van der Waals surface area (Å²) in [4.78, 5) is 11.9. The lowest BCUT2D eigenvalue weighted by Gasteiger charge is -2.14. The maximum atomic E-state index is 13.0. The Morgan fingerprint density at radius 2 is 1.78 bits per heavy atom. The van der Waals surface area contributed by atoms with Gasteiger partial charge < -0.3 is 4.57 Å². The molecule has 1 aromatic heterocycles. The molecule has 0 bridgehead atoms. The summed E-state index contributed by atoms with van der Waals surface area (Å²) in [6.45, 7) is 0.949. The minimum atomic E-state index is -4.59. The van der Waals surface area contributed by atoms with Gasteiger partial charge in [0.2, 0.25) is 0 Å². The number of halogens is 3. The number of alkyl halides is 3. The van der Waals surface area contributed by atoms with Gasteiger partial charge in [-0.25, -0.2) is 8.42 Å². The van der Waals surface area contributed by atoms with Crippen LogP contribution in [0.5, 0.6) is 0 Å². The van der Waals surface area contributed by atoms with Gasteiger partial charge in [0.25, 0.3) is 5.56 Å². The van der Waals surface area contributed by atoms with Crippen molar-refractivity contribution in [3.63, 3.8) is 0 Å². The molecule has 0 saturated carbocycles. The number of pyridine rings is 1. The van der Waals surface area contributed by atoms with Gasteiger partial charge in [0, 0.05) is 18.5 Å². The van der Waals surface area contributed by atoms with E-state index in [1.165, 1.54) is 25.1 Å². The van der Waals surface area contributed by atoms with Gasteiger partial charge in [-0.05, 0) is 24.1 Å². The first kappa shape index (κ1) is 17.3. The molecule has 124 valence electrons. The lowest BCUT2D eigenvalue weighted by Crippen LogP contribution is -2.24. The normalized spacial score (nSPS) is 12.4. The first-order valence-electron chi connectivity index (χ1n) is 6.56. The van der Waals surface area contributed by atoms with Crippen molar-refractivity contribution in [2.45, 2.75) is 24.5 Å². The summed E-state index contributed by atoms with van der Waals surface area (Å²) in [5.41, 5.74) is -1.46. The predicted octanol–water partition coefficient (Wildman–Crippen LogP) is 2.63. The number of rotatable bonds is 3. The van der Waals surface area contributed by atoms with Crippen LogP contribution in [0.25, 0.3) is 0 Å². The number of nitrogens with zero attached hydrogens (tertiary/aromatic N) is 1. The second-order valence-corrected chi connectivity index (χ2v) is 7.20. The van der Waals surface area contributed by atoms with Crippen LogP contribution in [0, 0.1) is 6.92 Å². The van der Waals surface area contributed by atoms with Crippen molar-refractivity contribution < 1.29 is 21.6 Å².